The van der Waals surface area contributed by atoms with Gasteiger partial charge in [0.05, 0.1) is 13.2 Å². The third-order valence-electron chi connectivity index (χ3n) is 4.25. The Kier molecular flexibility index (Phi) is 5.24. The number of carbonyl (C=O) groups is 1. The van der Waals surface area contributed by atoms with Gasteiger partial charge in [-0.1, -0.05) is 6.07 Å². The van der Waals surface area contributed by atoms with E-state index >= 15 is 0 Å². The SMILES string of the molecule is O=C(CC1CCCN1)NCc1cccnc1N1CCOCC1. The molecule has 0 aliphatic carbocycles. The Bertz CT molecular complexity index is 497. The van der Waals surface area contributed by atoms with E-state index < -0.39 is 0 Å². The standard InChI is InChI=1S/C16H24N4O2/c21-15(11-14-4-2-5-17-14)19-12-13-3-1-6-18-16(13)20-7-9-22-10-8-20/h1,3,6,14,17H,2,4-5,7-12H2,(H,19,21). The van der Waals surface area contributed by atoms with E-state index in [4.69, 9.17) is 4.74 Å². The average molecular weight is 304 g/mol. The van der Waals surface area contributed by atoms with Crippen molar-refractivity contribution in [2.75, 3.05) is 37.7 Å². The van der Waals surface area contributed by atoms with Crippen LogP contribution in [-0.4, -0.2) is 49.8 Å². The van der Waals surface area contributed by atoms with Gasteiger partial charge in [-0.15, -0.1) is 0 Å². The maximum atomic E-state index is 12.1. The number of nitrogens with one attached hydrogen (secondary N) is 2. The lowest BCUT2D eigenvalue weighted by Crippen LogP contribution is -2.38. The molecule has 2 N–H and O–H groups in total. The van der Waals surface area contributed by atoms with Crippen molar-refractivity contribution in [3.05, 3.63) is 23.9 Å². The van der Waals surface area contributed by atoms with Gasteiger partial charge < -0.3 is 20.3 Å². The minimum atomic E-state index is 0.108. The summed E-state index contributed by atoms with van der Waals surface area (Å²) in [5.74, 6) is 1.07. The van der Waals surface area contributed by atoms with Gasteiger partial charge in [0.1, 0.15) is 5.82 Å². The van der Waals surface area contributed by atoms with E-state index in [1.807, 2.05) is 12.1 Å². The summed E-state index contributed by atoms with van der Waals surface area (Å²) >= 11 is 0. The number of hydrogen-bond donors (Lipinski definition) is 2. The van der Waals surface area contributed by atoms with Crippen LogP contribution in [0.5, 0.6) is 0 Å². The Hall–Kier alpha value is -1.66. The zero-order valence-electron chi connectivity index (χ0n) is 12.9. The van der Waals surface area contributed by atoms with Crippen molar-refractivity contribution in [3.8, 4) is 0 Å². The molecule has 1 unspecified atom stereocenters. The zero-order chi connectivity index (χ0) is 15.2. The highest BCUT2D eigenvalue weighted by atomic mass is 16.5. The predicted molar refractivity (Wildman–Crippen MR) is 84.8 cm³/mol. The molecule has 1 aromatic heterocycles. The highest BCUT2D eigenvalue weighted by Gasteiger charge is 2.19. The zero-order valence-corrected chi connectivity index (χ0v) is 12.9. The second kappa shape index (κ2) is 7.56. The maximum Gasteiger partial charge on any atom is 0.221 e. The van der Waals surface area contributed by atoms with Gasteiger partial charge in [0.2, 0.25) is 5.91 Å². The predicted octanol–water partition coefficient (Wildman–Crippen LogP) is 0.677. The number of carbonyl (C=O) groups excluding carboxylic acids is 1. The maximum absolute atomic E-state index is 12.1. The van der Waals surface area contributed by atoms with Crippen molar-refractivity contribution in [1.82, 2.24) is 15.6 Å². The van der Waals surface area contributed by atoms with Crippen LogP contribution in [0.3, 0.4) is 0 Å². The van der Waals surface area contributed by atoms with Gasteiger partial charge in [0.25, 0.3) is 0 Å². The van der Waals surface area contributed by atoms with Crippen LogP contribution in [0.1, 0.15) is 24.8 Å². The summed E-state index contributed by atoms with van der Waals surface area (Å²) < 4.78 is 5.39. The van der Waals surface area contributed by atoms with Crippen molar-refractivity contribution in [3.63, 3.8) is 0 Å². The van der Waals surface area contributed by atoms with Crippen LogP contribution in [-0.2, 0) is 16.1 Å². The van der Waals surface area contributed by atoms with Crippen LogP contribution in [0.2, 0.25) is 0 Å². The van der Waals surface area contributed by atoms with E-state index in [1.54, 1.807) is 6.20 Å². The molecule has 120 valence electrons. The number of morpholine rings is 1. The molecule has 2 fully saturated rings. The van der Waals surface area contributed by atoms with E-state index in [9.17, 15) is 4.79 Å². The second-order valence-electron chi connectivity index (χ2n) is 5.86. The van der Waals surface area contributed by atoms with E-state index in [0.717, 1.165) is 50.7 Å². The first-order chi connectivity index (χ1) is 10.8. The summed E-state index contributed by atoms with van der Waals surface area (Å²) in [7, 11) is 0. The van der Waals surface area contributed by atoms with E-state index in [-0.39, 0.29) is 5.91 Å². The Morgan fingerprint density at radius 3 is 3.09 bits per heavy atom. The fourth-order valence-corrected chi connectivity index (χ4v) is 3.05. The van der Waals surface area contributed by atoms with E-state index in [2.05, 4.69) is 20.5 Å². The molecule has 0 saturated carbocycles. The van der Waals surface area contributed by atoms with Crippen LogP contribution in [0, 0.1) is 0 Å². The molecule has 2 saturated heterocycles. The quantitative estimate of drug-likeness (QED) is 0.837. The first-order valence-electron chi connectivity index (χ1n) is 8.09. The van der Waals surface area contributed by atoms with Crippen LogP contribution in [0.4, 0.5) is 5.82 Å². The summed E-state index contributed by atoms with van der Waals surface area (Å²) in [6.45, 7) is 4.73. The summed E-state index contributed by atoms with van der Waals surface area (Å²) in [6.07, 6.45) is 4.63. The fraction of sp³-hybridized carbons (Fsp3) is 0.625. The number of rotatable bonds is 5. The molecule has 2 aliphatic rings. The Morgan fingerprint density at radius 2 is 2.32 bits per heavy atom. The van der Waals surface area contributed by atoms with Crippen molar-refractivity contribution in [1.29, 1.82) is 0 Å². The fourth-order valence-electron chi connectivity index (χ4n) is 3.05. The molecule has 1 atom stereocenters. The molecule has 6 nitrogen and oxygen atoms in total. The van der Waals surface area contributed by atoms with Crippen LogP contribution < -0.4 is 15.5 Å². The van der Waals surface area contributed by atoms with E-state index in [0.29, 0.717) is 19.0 Å². The lowest BCUT2D eigenvalue weighted by atomic mass is 10.1. The molecule has 6 heteroatoms. The molecule has 3 heterocycles. The van der Waals surface area contributed by atoms with Crippen molar-refractivity contribution in [2.45, 2.75) is 31.8 Å². The Morgan fingerprint density at radius 1 is 1.45 bits per heavy atom. The topological polar surface area (TPSA) is 66.5 Å². The molecular formula is C16H24N4O2. The Labute approximate surface area is 131 Å². The number of pyridine rings is 1. The van der Waals surface area contributed by atoms with Crippen LogP contribution >= 0.6 is 0 Å². The smallest absolute Gasteiger partial charge is 0.221 e. The number of hydrogen-bond acceptors (Lipinski definition) is 5. The summed E-state index contributed by atoms with van der Waals surface area (Å²) in [4.78, 5) is 18.8. The third-order valence-corrected chi connectivity index (χ3v) is 4.25. The van der Waals surface area contributed by atoms with Crippen LogP contribution in [0.25, 0.3) is 0 Å². The third kappa shape index (κ3) is 3.96. The van der Waals surface area contributed by atoms with Gasteiger partial charge in [0.15, 0.2) is 0 Å². The largest absolute Gasteiger partial charge is 0.378 e. The van der Waals surface area contributed by atoms with Crippen LogP contribution in [0.15, 0.2) is 18.3 Å². The van der Waals surface area contributed by atoms with Crippen molar-refractivity contribution < 1.29 is 9.53 Å². The average Bonchev–Trinajstić information content (AvgIpc) is 3.07. The number of aromatic nitrogens is 1. The lowest BCUT2D eigenvalue weighted by Gasteiger charge is -2.29. The summed E-state index contributed by atoms with van der Waals surface area (Å²) in [6, 6.07) is 4.29. The molecule has 2 aliphatic heterocycles. The molecule has 1 aromatic rings. The molecule has 1 amide bonds. The first kappa shape index (κ1) is 15.2. The number of ether oxygens (including phenoxy) is 1. The minimum absolute atomic E-state index is 0.108. The van der Waals surface area contributed by atoms with Gasteiger partial charge in [0, 0.05) is 43.9 Å². The van der Waals surface area contributed by atoms with Gasteiger partial charge in [-0.3, -0.25) is 4.79 Å². The highest BCUT2D eigenvalue weighted by Crippen LogP contribution is 2.18. The molecule has 22 heavy (non-hydrogen) atoms. The summed E-state index contributed by atoms with van der Waals surface area (Å²) in [5, 5.41) is 6.38. The van der Waals surface area contributed by atoms with Gasteiger partial charge in [-0.05, 0) is 25.5 Å². The van der Waals surface area contributed by atoms with Gasteiger partial charge in [-0.25, -0.2) is 4.98 Å². The monoisotopic (exact) mass is 304 g/mol. The highest BCUT2D eigenvalue weighted by molar-refractivity contribution is 5.76. The van der Waals surface area contributed by atoms with Gasteiger partial charge >= 0.3 is 0 Å². The number of amides is 1. The molecule has 3 rings (SSSR count). The van der Waals surface area contributed by atoms with Crippen molar-refractivity contribution in [2.24, 2.45) is 0 Å². The van der Waals surface area contributed by atoms with Crippen molar-refractivity contribution >= 4 is 11.7 Å². The second-order valence-corrected chi connectivity index (χ2v) is 5.86. The lowest BCUT2D eigenvalue weighted by molar-refractivity contribution is -0.121. The van der Waals surface area contributed by atoms with Gasteiger partial charge in [-0.2, -0.15) is 0 Å². The number of nitrogens with zero attached hydrogens (tertiary/aromatic N) is 2. The molecule has 0 spiro atoms. The Balaban J connectivity index is 1.56. The molecule has 0 bridgehead atoms. The normalized spacial score (nSPS) is 21.8. The van der Waals surface area contributed by atoms with E-state index in [1.165, 1.54) is 6.42 Å². The molecule has 0 radical (unpaired) electrons. The summed E-state index contributed by atoms with van der Waals surface area (Å²) in [5.41, 5.74) is 1.07. The first-order valence-corrected chi connectivity index (χ1v) is 8.09. The molecular weight excluding hydrogens is 280 g/mol. The molecule has 0 aromatic carbocycles. The number of anilines is 1. The minimum Gasteiger partial charge on any atom is -0.378 e.